The van der Waals surface area contributed by atoms with E-state index in [0.717, 1.165) is 11.8 Å². The summed E-state index contributed by atoms with van der Waals surface area (Å²) >= 11 is 0. The minimum atomic E-state index is 0.891. The van der Waals surface area contributed by atoms with Gasteiger partial charge in [-0.3, -0.25) is 0 Å². The van der Waals surface area contributed by atoms with E-state index < -0.39 is 0 Å². The van der Waals surface area contributed by atoms with Crippen molar-refractivity contribution < 1.29 is 9.13 Å². The second kappa shape index (κ2) is 12.1. The van der Waals surface area contributed by atoms with Gasteiger partial charge in [-0.1, -0.05) is 60.7 Å². The Labute approximate surface area is 198 Å². The summed E-state index contributed by atoms with van der Waals surface area (Å²) in [5.74, 6) is 1.78. The van der Waals surface area contributed by atoms with Crippen molar-refractivity contribution in [3.63, 3.8) is 0 Å². The Balaban J connectivity index is 1.35. The minimum absolute atomic E-state index is 0.891. The highest BCUT2D eigenvalue weighted by Gasteiger charge is 2.10. The molecule has 2 nitrogen and oxygen atoms in total. The van der Waals surface area contributed by atoms with E-state index in [2.05, 4.69) is 131 Å². The maximum absolute atomic E-state index is 2.28. The number of rotatable bonds is 9. The number of pyridine rings is 2. The zero-order valence-corrected chi connectivity index (χ0v) is 19.5. The van der Waals surface area contributed by atoms with Crippen molar-refractivity contribution in [3.8, 4) is 0 Å². The number of nitrogens with zero attached hydrogens (tertiary/aromatic N) is 2. The Hall–Kier alpha value is -3.08. The summed E-state index contributed by atoms with van der Waals surface area (Å²) in [5, 5.41) is 0. The van der Waals surface area contributed by atoms with Gasteiger partial charge in [0, 0.05) is 36.4 Å². The number of aromatic nitrogens is 2. The van der Waals surface area contributed by atoms with Crippen molar-refractivity contribution in [1.82, 2.24) is 0 Å². The van der Waals surface area contributed by atoms with Crippen molar-refractivity contribution >= 4 is 45.9 Å². The lowest BCUT2D eigenvalue weighted by Crippen LogP contribution is -2.36. The van der Waals surface area contributed by atoms with Crippen LogP contribution in [0.4, 0.5) is 0 Å². The van der Waals surface area contributed by atoms with Crippen LogP contribution in [0, 0.1) is 0 Å². The highest BCUT2D eigenvalue weighted by Crippen LogP contribution is 2.21. The molecule has 32 heavy (non-hydrogen) atoms. The Morgan fingerprint density at radius 3 is 1.31 bits per heavy atom. The third-order valence-electron chi connectivity index (χ3n) is 4.91. The standard InChI is InChI=1S/C28H26N2S2/c1-3-11-25(12-4-1)17-19-27-15-7-9-21-29(27)23-31-32-24-30-22-10-8-16-28(30)20-18-26-13-5-2-6-14-26/h1-22H,23-24H2/q+2/b19-17+,20-18+. The Morgan fingerprint density at radius 2 is 0.875 bits per heavy atom. The zero-order chi connectivity index (χ0) is 21.8. The molecule has 4 heteroatoms. The molecule has 0 atom stereocenters. The summed E-state index contributed by atoms with van der Waals surface area (Å²) in [6, 6.07) is 33.5. The summed E-state index contributed by atoms with van der Waals surface area (Å²) in [5.41, 5.74) is 4.81. The maximum Gasteiger partial charge on any atom is 0.205 e. The molecule has 4 aromatic rings. The first-order chi connectivity index (χ1) is 15.9. The quantitative estimate of drug-likeness (QED) is 0.160. The van der Waals surface area contributed by atoms with E-state index in [1.807, 2.05) is 33.7 Å². The van der Waals surface area contributed by atoms with Crippen LogP contribution in [0.5, 0.6) is 0 Å². The average Bonchev–Trinajstić information content (AvgIpc) is 2.86. The van der Waals surface area contributed by atoms with Crippen molar-refractivity contribution in [1.29, 1.82) is 0 Å². The van der Waals surface area contributed by atoms with E-state index in [1.54, 1.807) is 0 Å². The van der Waals surface area contributed by atoms with Crippen LogP contribution < -0.4 is 9.13 Å². The van der Waals surface area contributed by atoms with E-state index in [-0.39, 0.29) is 0 Å². The lowest BCUT2D eigenvalue weighted by Gasteiger charge is -2.01. The van der Waals surface area contributed by atoms with Gasteiger partial charge in [0.2, 0.25) is 23.1 Å². The van der Waals surface area contributed by atoms with E-state index in [0.29, 0.717) is 0 Å². The lowest BCUT2D eigenvalue weighted by molar-refractivity contribution is -0.678. The first kappa shape index (κ1) is 22.1. The molecule has 0 saturated carbocycles. The molecule has 0 bridgehead atoms. The average molecular weight is 455 g/mol. The van der Waals surface area contributed by atoms with Gasteiger partial charge in [0.1, 0.15) is 0 Å². The lowest BCUT2D eigenvalue weighted by atomic mass is 10.2. The Morgan fingerprint density at radius 1 is 0.469 bits per heavy atom. The van der Waals surface area contributed by atoms with Crippen molar-refractivity contribution in [2.75, 3.05) is 0 Å². The summed E-state index contributed by atoms with van der Waals surface area (Å²) < 4.78 is 4.56. The summed E-state index contributed by atoms with van der Waals surface area (Å²) in [6.45, 7) is 0. The maximum atomic E-state index is 2.28. The summed E-state index contributed by atoms with van der Waals surface area (Å²) in [7, 11) is 3.72. The molecule has 0 unspecified atom stereocenters. The van der Waals surface area contributed by atoms with Gasteiger partial charge in [0.15, 0.2) is 12.4 Å². The van der Waals surface area contributed by atoms with Gasteiger partial charge >= 0.3 is 0 Å². The smallest absolute Gasteiger partial charge is 0.188 e. The van der Waals surface area contributed by atoms with Crippen molar-refractivity contribution in [2.24, 2.45) is 0 Å². The van der Waals surface area contributed by atoms with Crippen LogP contribution in [-0.2, 0) is 11.8 Å². The van der Waals surface area contributed by atoms with Crippen molar-refractivity contribution in [3.05, 3.63) is 132 Å². The molecule has 0 N–H and O–H groups in total. The van der Waals surface area contributed by atoms with Crippen LogP contribution in [0.15, 0.2) is 109 Å². The largest absolute Gasteiger partial charge is 0.205 e. The van der Waals surface area contributed by atoms with Crippen LogP contribution in [-0.4, -0.2) is 0 Å². The molecule has 0 fully saturated rings. The summed E-state index contributed by atoms with van der Waals surface area (Å²) in [4.78, 5) is 0. The minimum Gasteiger partial charge on any atom is -0.188 e. The summed E-state index contributed by atoms with van der Waals surface area (Å²) in [6.07, 6.45) is 13.0. The Bertz CT molecular complexity index is 1080. The van der Waals surface area contributed by atoms with Gasteiger partial charge in [-0.15, -0.1) is 0 Å². The van der Waals surface area contributed by atoms with Gasteiger partial charge in [0.25, 0.3) is 0 Å². The molecule has 4 rings (SSSR count). The fourth-order valence-electron chi connectivity index (χ4n) is 3.20. The Kier molecular flexibility index (Phi) is 8.36. The third kappa shape index (κ3) is 6.71. The highest BCUT2D eigenvalue weighted by molar-refractivity contribution is 8.75. The molecule has 158 valence electrons. The zero-order valence-electron chi connectivity index (χ0n) is 17.8. The van der Waals surface area contributed by atoms with Crippen LogP contribution in [0.25, 0.3) is 24.3 Å². The fourth-order valence-corrected chi connectivity index (χ4v) is 5.17. The van der Waals surface area contributed by atoms with Crippen molar-refractivity contribution in [2.45, 2.75) is 11.8 Å². The molecular weight excluding hydrogens is 428 g/mol. The van der Waals surface area contributed by atoms with Crippen LogP contribution in [0.1, 0.15) is 22.5 Å². The molecule has 0 saturated heterocycles. The second-order valence-corrected chi connectivity index (χ2v) is 9.57. The normalized spacial score (nSPS) is 11.4. The third-order valence-corrected chi connectivity index (χ3v) is 6.98. The first-order valence-electron chi connectivity index (χ1n) is 10.6. The molecule has 0 aliphatic carbocycles. The predicted octanol–water partition coefficient (Wildman–Crippen LogP) is 6.60. The molecule has 0 radical (unpaired) electrons. The monoisotopic (exact) mass is 454 g/mol. The van der Waals surface area contributed by atoms with E-state index in [1.165, 1.54) is 22.5 Å². The molecular formula is C28H26N2S2+2. The number of benzene rings is 2. The van der Waals surface area contributed by atoms with Gasteiger partial charge in [0.05, 0.1) is 0 Å². The number of hydrogen-bond donors (Lipinski definition) is 0. The van der Waals surface area contributed by atoms with Gasteiger partial charge in [-0.25, -0.2) is 0 Å². The number of hydrogen-bond acceptors (Lipinski definition) is 2. The molecule has 0 spiro atoms. The van der Waals surface area contributed by atoms with Crippen LogP contribution >= 0.6 is 21.6 Å². The van der Waals surface area contributed by atoms with Gasteiger partial charge in [-0.05, 0) is 57.0 Å². The second-order valence-electron chi connectivity index (χ2n) is 7.17. The van der Waals surface area contributed by atoms with E-state index >= 15 is 0 Å². The van der Waals surface area contributed by atoms with Gasteiger partial charge in [-0.2, -0.15) is 9.13 Å². The molecule has 0 amide bonds. The molecule has 2 heterocycles. The van der Waals surface area contributed by atoms with E-state index in [9.17, 15) is 0 Å². The molecule has 2 aromatic heterocycles. The highest BCUT2D eigenvalue weighted by atomic mass is 33.1. The topological polar surface area (TPSA) is 7.76 Å². The molecule has 0 aliphatic rings. The van der Waals surface area contributed by atoms with Crippen LogP contribution in [0.2, 0.25) is 0 Å². The van der Waals surface area contributed by atoms with E-state index in [4.69, 9.17) is 0 Å². The SMILES string of the molecule is C(=C\c1cccc[n+]1CSSC[n+]1ccccc1/C=C/c1ccccc1)/c1ccccc1. The molecule has 2 aromatic carbocycles. The predicted molar refractivity (Wildman–Crippen MR) is 139 cm³/mol. The fraction of sp³-hybridized carbons (Fsp3) is 0.0714. The van der Waals surface area contributed by atoms with Crippen LogP contribution in [0.3, 0.4) is 0 Å². The molecule has 0 aliphatic heterocycles. The first-order valence-corrected chi connectivity index (χ1v) is 13.0. The van der Waals surface area contributed by atoms with Gasteiger partial charge < -0.3 is 0 Å².